The van der Waals surface area contributed by atoms with Crippen molar-refractivity contribution in [2.75, 3.05) is 0 Å². The predicted molar refractivity (Wildman–Crippen MR) is 90.1 cm³/mol. The Kier molecular flexibility index (Phi) is 5.28. The van der Waals surface area contributed by atoms with Gasteiger partial charge in [-0.15, -0.1) is 0 Å². The molecule has 0 aliphatic heterocycles. The van der Waals surface area contributed by atoms with E-state index in [1.165, 1.54) is 11.1 Å². The number of benzene rings is 1. The molecule has 0 saturated heterocycles. The maximum absolute atomic E-state index is 11.0. The van der Waals surface area contributed by atoms with Gasteiger partial charge in [0.25, 0.3) is 0 Å². The molecule has 0 heterocycles. The van der Waals surface area contributed by atoms with E-state index < -0.39 is 5.97 Å². The number of nitrogens with one attached hydrogen (secondary N) is 1. The summed E-state index contributed by atoms with van der Waals surface area (Å²) >= 11 is 0. The Labute approximate surface area is 134 Å². The summed E-state index contributed by atoms with van der Waals surface area (Å²) in [6.07, 6.45) is 3.51. The van der Waals surface area contributed by atoms with Crippen molar-refractivity contribution in [3.63, 3.8) is 0 Å². The second-order valence-corrected chi connectivity index (χ2v) is 7.65. The van der Waals surface area contributed by atoms with Gasteiger partial charge < -0.3 is 10.4 Å². The fourth-order valence-corrected chi connectivity index (χ4v) is 3.23. The summed E-state index contributed by atoms with van der Waals surface area (Å²) in [5, 5.41) is 12.7. The first-order valence-corrected chi connectivity index (χ1v) is 8.36. The quantitative estimate of drug-likeness (QED) is 0.873. The standard InChI is InChI=1S/C19H29NO2/c1-13(14-5-9-16(10-6-14)19(2,3)4)20-17-11-7-15(8-12-17)18(21)22/h5-6,9-10,13,15,17,20H,7-8,11-12H2,1-4H3,(H,21,22). The Balaban J connectivity index is 1.90. The minimum atomic E-state index is -0.635. The van der Waals surface area contributed by atoms with Gasteiger partial charge in [0.1, 0.15) is 0 Å². The maximum atomic E-state index is 11.0. The first kappa shape index (κ1) is 17.0. The van der Waals surface area contributed by atoms with E-state index in [4.69, 9.17) is 5.11 Å². The number of carbonyl (C=O) groups is 1. The summed E-state index contributed by atoms with van der Waals surface area (Å²) in [7, 11) is 0. The first-order chi connectivity index (χ1) is 10.3. The van der Waals surface area contributed by atoms with Gasteiger partial charge in [0.05, 0.1) is 5.92 Å². The molecule has 0 amide bonds. The predicted octanol–water partition coefficient (Wildman–Crippen LogP) is 4.28. The zero-order valence-electron chi connectivity index (χ0n) is 14.2. The van der Waals surface area contributed by atoms with E-state index in [0.717, 1.165) is 25.7 Å². The van der Waals surface area contributed by atoms with Crippen LogP contribution in [0.15, 0.2) is 24.3 Å². The molecule has 1 unspecified atom stereocenters. The van der Waals surface area contributed by atoms with Gasteiger partial charge in [0.15, 0.2) is 0 Å². The zero-order valence-corrected chi connectivity index (χ0v) is 14.2. The van der Waals surface area contributed by atoms with Crippen LogP contribution in [0.4, 0.5) is 0 Å². The van der Waals surface area contributed by atoms with Crippen molar-refractivity contribution in [3.05, 3.63) is 35.4 Å². The monoisotopic (exact) mass is 303 g/mol. The van der Waals surface area contributed by atoms with Crippen LogP contribution in [0.25, 0.3) is 0 Å². The Morgan fingerprint density at radius 3 is 2.14 bits per heavy atom. The molecule has 0 aromatic heterocycles. The zero-order chi connectivity index (χ0) is 16.3. The minimum absolute atomic E-state index is 0.139. The molecule has 3 heteroatoms. The smallest absolute Gasteiger partial charge is 0.306 e. The number of carboxylic acids is 1. The number of rotatable bonds is 4. The van der Waals surface area contributed by atoms with Crippen molar-refractivity contribution in [3.8, 4) is 0 Å². The van der Waals surface area contributed by atoms with E-state index in [2.05, 4.69) is 57.3 Å². The van der Waals surface area contributed by atoms with Crippen LogP contribution in [0.5, 0.6) is 0 Å². The third kappa shape index (κ3) is 4.33. The summed E-state index contributed by atoms with van der Waals surface area (Å²) in [6, 6.07) is 9.60. The van der Waals surface area contributed by atoms with Gasteiger partial charge in [-0.2, -0.15) is 0 Å². The summed E-state index contributed by atoms with van der Waals surface area (Å²) in [4.78, 5) is 11.0. The molecule has 122 valence electrons. The van der Waals surface area contributed by atoms with E-state index in [1.807, 2.05) is 0 Å². The SMILES string of the molecule is CC(NC1CCC(C(=O)O)CC1)c1ccc(C(C)(C)C)cc1. The third-order valence-corrected chi connectivity index (χ3v) is 4.84. The van der Waals surface area contributed by atoms with Crippen LogP contribution < -0.4 is 5.32 Å². The number of hydrogen-bond acceptors (Lipinski definition) is 2. The van der Waals surface area contributed by atoms with Gasteiger partial charge in [0, 0.05) is 12.1 Å². The lowest BCUT2D eigenvalue weighted by Gasteiger charge is -2.30. The van der Waals surface area contributed by atoms with E-state index >= 15 is 0 Å². The first-order valence-electron chi connectivity index (χ1n) is 8.36. The Bertz CT molecular complexity index is 493. The number of carboxylic acid groups (broad SMARTS) is 1. The molecule has 1 aromatic carbocycles. The summed E-state index contributed by atoms with van der Waals surface area (Å²) in [5.41, 5.74) is 2.84. The lowest BCUT2D eigenvalue weighted by molar-refractivity contribution is -0.142. The molecule has 2 rings (SSSR count). The Hall–Kier alpha value is -1.35. The van der Waals surface area contributed by atoms with Crippen LogP contribution in [0, 0.1) is 5.92 Å². The summed E-state index contributed by atoms with van der Waals surface area (Å²) < 4.78 is 0. The van der Waals surface area contributed by atoms with Crippen molar-refractivity contribution in [2.45, 2.75) is 70.9 Å². The topological polar surface area (TPSA) is 49.3 Å². The van der Waals surface area contributed by atoms with Gasteiger partial charge in [-0.25, -0.2) is 0 Å². The molecule has 0 bridgehead atoms. The van der Waals surface area contributed by atoms with Crippen molar-refractivity contribution < 1.29 is 9.90 Å². The molecule has 1 fully saturated rings. The van der Waals surface area contributed by atoms with Crippen LogP contribution in [0.3, 0.4) is 0 Å². The average molecular weight is 303 g/mol. The Morgan fingerprint density at radius 2 is 1.68 bits per heavy atom. The second kappa shape index (κ2) is 6.82. The van der Waals surface area contributed by atoms with E-state index in [0.29, 0.717) is 12.1 Å². The summed E-state index contributed by atoms with van der Waals surface area (Å²) in [5.74, 6) is -0.774. The summed E-state index contributed by atoms with van der Waals surface area (Å²) in [6.45, 7) is 8.87. The molecule has 1 aromatic rings. The second-order valence-electron chi connectivity index (χ2n) is 7.65. The third-order valence-electron chi connectivity index (χ3n) is 4.84. The van der Waals surface area contributed by atoms with E-state index in [-0.39, 0.29) is 11.3 Å². The molecule has 1 saturated carbocycles. The highest BCUT2D eigenvalue weighted by Crippen LogP contribution is 2.27. The average Bonchev–Trinajstić information content (AvgIpc) is 2.47. The molecular formula is C19H29NO2. The highest BCUT2D eigenvalue weighted by atomic mass is 16.4. The highest BCUT2D eigenvalue weighted by molar-refractivity contribution is 5.70. The van der Waals surface area contributed by atoms with Crippen LogP contribution in [-0.2, 0) is 10.2 Å². The van der Waals surface area contributed by atoms with Crippen molar-refractivity contribution >= 4 is 5.97 Å². The molecule has 1 aliphatic carbocycles. The molecule has 2 N–H and O–H groups in total. The highest BCUT2D eigenvalue weighted by Gasteiger charge is 2.26. The fourth-order valence-electron chi connectivity index (χ4n) is 3.23. The molecule has 22 heavy (non-hydrogen) atoms. The Morgan fingerprint density at radius 1 is 1.14 bits per heavy atom. The van der Waals surface area contributed by atoms with Gasteiger partial charge in [0.2, 0.25) is 0 Å². The van der Waals surface area contributed by atoms with E-state index in [1.54, 1.807) is 0 Å². The van der Waals surface area contributed by atoms with Crippen LogP contribution in [-0.4, -0.2) is 17.1 Å². The molecule has 0 radical (unpaired) electrons. The lowest BCUT2D eigenvalue weighted by Crippen LogP contribution is -2.36. The molecule has 1 aliphatic rings. The molecule has 0 spiro atoms. The van der Waals surface area contributed by atoms with Crippen LogP contribution in [0.1, 0.15) is 70.5 Å². The van der Waals surface area contributed by atoms with Gasteiger partial charge in [-0.05, 0) is 49.1 Å². The van der Waals surface area contributed by atoms with Gasteiger partial charge >= 0.3 is 5.97 Å². The number of aliphatic carboxylic acids is 1. The molecule has 1 atom stereocenters. The maximum Gasteiger partial charge on any atom is 0.306 e. The van der Waals surface area contributed by atoms with Gasteiger partial charge in [-0.3, -0.25) is 4.79 Å². The normalized spacial score (nSPS) is 24.0. The van der Waals surface area contributed by atoms with Crippen molar-refractivity contribution in [1.82, 2.24) is 5.32 Å². The lowest BCUT2D eigenvalue weighted by atomic mass is 9.85. The minimum Gasteiger partial charge on any atom is -0.481 e. The van der Waals surface area contributed by atoms with Crippen molar-refractivity contribution in [1.29, 1.82) is 0 Å². The van der Waals surface area contributed by atoms with E-state index in [9.17, 15) is 4.79 Å². The van der Waals surface area contributed by atoms with Crippen LogP contribution in [0.2, 0.25) is 0 Å². The van der Waals surface area contributed by atoms with Gasteiger partial charge in [-0.1, -0.05) is 45.0 Å². The number of hydrogen-bond donors (Lipinski definition) is 2. The molecule has 3 nitrogen and oxygen atoms in total. The fraction of sp³-hybridized carbons (Fsp3) is 0.632. The van der Waals surface area contributed by atoms with Crippen LogP contribution >= 0.6 is 0 Å². The van der Waals surface area contributed by atoms with Crippen molar-refractivity contribution in [2.24, 2.45) is 5.92 Å². The molecular weight excluding hydrogens is 274 g/mol. The largest absolute Gasteiger partial charge is 0.481 e.